The summed E-state index contributed by atoms with van der Waals surface area (Å²) in [6.07, 6.45) is -0.556. The summed E-state index contributed by atoms with van der Waals surface area (Å²) in [7, 11) is 1.41. The van der Waals surface area contributed by atoms with Crippen LogP contribution in [0.15, 0.2) is 18.2 Å². The Morgan fingerprint density at radius 1 is 1.42 bits per heavy atom. The Kier molecular flexibility index (Phi) is 6.73. The Hall–Kier alpha value is -2.13. The SMILES string of the molecule is COc1ccc(NC(=O)C2CC(F)(F)CN2)cc1OCC(N)=O.Cl. The van der Waals surface area contributed by atoms with Crippen LogP contribution in [0.2, 0.25) is 0 Å². The monoisotopic (exact) mass is 365 g/mol. The van der Waals surface area contributed by atoms with E-state index in [1.165, 1.54) is 25.3 Å². The highest BCUT2D eigenvalue weighted by atomic mass is 35.5. The van der Waals surface area contributed by atoms with Crippen LogP contribution < -0.4 is 25.8 Å². The molecule has 0 bridgehead atoms. The van der Waals surface area contributed by atoms with Crippen LogP contribution in [0.1, 0.15) is 6.42 Å². The summed E-state index contributed by atoms with van der Waals surface area (Å²) < 4.78 is 36.5. The molecule has 2 rings (SSSR count). The van der Waals surface area contributed by atoms with Gasteiger partial charge in [-0.25, -0.2) is 8.78 Å². The zero-order valence-corrected chi connectivity index (χ0v) is 13.6. The molecule has 0 aromatic heterocycles. The van der Waals surface area contributed by atoms with E-state index in [1.54, 1.807) is 0 Å². The van der Waals surface area contributed by atoms with Crippen LogP contribution in [0.25, 0.3) is 0 Å². The zero-order chi connectivity index (χ0) is 17.0. The fourth-order valence-electron chi connectivity index (χ4n) is 2.15. The lowest BCUT2D eigenvalue weighted by molar-refractivity contribution is -0.120. The molecule has 1 atom stereocenters. The number of ether oxygens (including phenoxy) is 2. The number of benzene rings is 1. The first-order valence-corrected chi connectivity index (χ1v) is 6.82. The van der Waals surface area contributed by atoms with Crippen LogP contribution in [0.4, 0.5) is 14.5 Å². The molecule has 7 nitrogen and oxygen atoms in total. The summed E-state index contributed by atoms with van der Waals surface area (Å²) in [5.41, 5.74) is 5.33. The number of hydrogen-bond acceptors (Lipinski definition) is 5. The number of anilines is 1. The van der Waals surface area contributed by atoms with Gasteiger partial charge in [-0.15, -0.1) is 12.4 Å². The summed E-state index contributed by atoms with van der Waals surface area (Å²) in [6.45, 7) is -0.884. The van der Waals surface area contributed by atoms with Gasteiger partial charge in [0.05, 0.1) is 19.7 Å². The summed E-state index contributed by atoms with van der Waals surface area (Å²) in [6, 6.07) is 3.50. The number of hydrogen-bond donors (Lipinski definition) is 3. The van der Waals surface area contributed by atoms with E-state index < -0.39 is 36.7 Å². The van der Waals surface area contributed by atoms with Crippen LogP contribution in [-0.2, 0) is 9.59 Å². The molecule has 10 heteroatoms. The lowest BCUT2D eigenvalue weighted by atomic mass is 10.1. The van der Waals surface area contributed by atoms with Crippen LogP contribution in [0.3, 0.4) is 0 Å². The number of rotatable bonds is 6. The van der Waals surface area contributed by atoms with Gasteiger partial charge in [0, 0.05) is 18.2 Å². The molecular formula is C14H18ClF2N3O4. The van der Waals surface area contributed by atoms with Gasteiger partial charge in [-0.05, 0) is 12.1 Å². The second-order valence-corrected chi connectivity index (χ2v) is 5.10. The Morgan fingerprint density at radius 2 is 2.12 bits per heavy atom. The molecule has 1 fully saturated rings. The quantitative estimate of drug-likeness (QED) is 0.695. The first-order chi connectivity index (χ1) is 10.8. The summed E-state index contributed by atoms with van der Waals surface area (Å²) in [4.78, 5) is 22.8. The number of primary amides is 1. The molecular weight excluding hydrogens is 348 g/mol. The smallest absolute Gasteiger partial charge is 0.262 e. The molecule has 4 N–H and O–H groups in total. The molecule has 1 aliphatic rings. The van der Waals surface area contributed by atoms with Gasteiger partial charge in [-0.1, -0.05) is 0 Å². The third kappa shape index (κ3) is 5.20. The molecule has 0 aliphatic carbocycles. The molecule has 1 heterocycles. The van der Waals surface area contributed by atoms with Crippen LogP contribution in [0.5, 0.6) is 11.5 Å². The average Bonchev–Trinajstić information content (AvgIpc) is 2.85. The molecule has 1 saturated heterocycles. The largest absolute Gasteiger partial charge is 0.493 e. The van der Waals surface area contributed by atoms with Crippen molar-refractivity contribution in [2.24, 2.45) is 5.73 Å². The van der Waals surface area contributed by atoms with E-state index in [0.29, 0.717) is 11.4 Å². The summed E-state index contributed by atoms with van der Waals surface area (Å²) in [5.74, 6) is -3.59. The maximum atomic E-state index is 13.1. The minimum atomic E-state index is -2.89. The Bertz CT molecular complexity index is 616. The highest BCUT2D eigenvalue weighted by Gasteiger charge is 2.42. The Morgan fingerprint density at radius 3 is 2.67 bits per heavy atom. The highest BCUT2D eigenvalue weighted by Crippen LogP contribution is 2.31. The van der Waals surface area contributed by atoms with Crippen molar-refractivity contribution in [3.8, 4) is 11.5 Å². The molecule has 0 saturated carbocycles. The van der Waals surface area contributed by atoms with Crippen molar-refractivity contribution in [3.05, 3.63) is 18.2 Å². The van der Waals surface area contributed by atoms with Crippen LogP contribution >= 0.6 is 12.4 Å². The second-order valence-electron chi connectivity index (χ2n) is 5.10. The van der Waals surface area contributed by atoms with Gasteiger partial charge in [-0.3, -0.25) is 14.9 Å². The van der Waals surface area contributed by atoms with Gasteiger partial charge >= 0.3 is 0 Å². The van der Waals surface area contributed by atoms with Gasteiger partial charge in [0.15, 0.2) is 18.1 Å². The predicted molar refractivity (Wildman–Crippen MR) is 84.9 cm³/mol. The molecule has 134 valence electrons. The van der Waals surface area contributed by atoms with E-state index in [2.05, 4.69) is 10.6 Å². The minimum absolute atomic E-state index is 0. The number of nitrogens with two attached hydrogens (primary N) is 1. The predicted octanol–water partition coefficient (Wildman–Crippen LogP) is 0.917. The molecule has 1 aliphatic heterocycles. The number of methoxy groups -OCH3 is 1. The van der Waals surface area contributed by atoms with E-state index in [-0.39, 0.29) is 24.8 Å². The van der Waals surface area contributed by atoms with Crippen LogP contribution in [-0.4, -0.2) is 44.0 Å². The van der Waals surface area contributed by atoms with Crippen molar-refractivity contribution < 1.29 is 27.8 Å². The number of halogens is 3. The minimum Gasteiger partial charge on any atom is -0.493 e. The average molecular weight is 366 g/mol. The first-order valence-electron chi connectivity index (χ1n) is 6.82. The van der Waals surface area contributed by atoms with Crippen molar-refractivity contribution in [2.75, 3.05) is 25.6 Å². The van der Waals surface area contributed by atoms with Gasteiger partial charge < -0.3 is 20.5 Å². The lowest BCUT2D eigenvalue weighted by Crippen LogP contribution is -2.35. The van der Waals surface area contributed by atoms with Crippen molar-refractivity contribution in [1.82, 2.24) is 5.32 Å². The third-order valence-electron chi connectivity index (χ3n) is 3.23. The number of carbonyl (C=O) groups excluding carboxylic acids is 2. The number of carbonyl (C=O) groups is 2. The number of nitrogens with one attached hydrogen (secondary N) is 2. The normalized spacial score (nSPS) is 18.4. The second kappa shape index (κ2) is 8.11. The highest BCUT2D eigenvalue weighted by molar-refractivity contribution is 5.95. The van der Waals surface area contributed by atoms with E-state index in [9.17, 15) is 18.4 Å². The van der Waals surface area contributed by atoms with E-state index in [4.69, 9.17) is 15.2 Å². The number of alkyl halides is 2. The lowest BCUT2D eigenvalue weighted by Gasteiger charge is -2.14. The van der Waals surface area contributed by atoms with Crippen molar-refractivity contribution in [2.45, 2.75) is 18.4 Å². The number of amides is 2. The Balaban J connectivity index is 0.00000288. The van der Waals surface area contributed by atoms with Crippen molar-refractivity contribution in [1.29, 1.82) is 0 Å². The van der Waals surface area contributed by atoms with E-state index >= 15 is 0 Å². The first kappa shape index (κ1) is 19.9. The summed E-state index contributed by atoms with van der Waals surface area (Å²) >= 11 is 0. The summed E-state index contributed by atoms with van der Waals surface area (Å²) in [5, 5.41) is 4.98. The molecule has 1 unspecified atom stereocenters. The van der Waals surface area contributed by atoms with Gasteiger partial charge in [-0.2, -0.15) is 0 Å². The molecule has 2 amide bonds. The van der Waals surface area contributed by atoms with Gasteiger partial charge in [0.2, 0.25) is 5.91 Å². The standard InChI is InChI=1S/C14H17F2N3O4.ClH/c1-22-10-3-2-8(4-11(10)23-6-12(17)20)19-13(21)9-5-14(15,16)7-18-9;/h2-4,9,18H,5-7H2,1H3,(H2,17,20)(H,19,21);1H. The van der Waals surface area contributed by atoms with Crippen LogP contribution in [0, 0.1) is 0 Å². The molecule has 1 aromatic carbocycles. The maximum Gasteiger partial charge on any atom is 0.262 e. The topological polar surface area (TPSA) is 103 Å². The van der Waals surface area contributed by atoms with E-state index in [0.717, 1.165) is 0 Å². The van der Waals surface area contributed by atoms with Gasteiger partial charge in [0.25, 0.3) is 11.8 Å². The molecule has 1 aromatic rings. The van der Waals surface area contributed by atoms with Gasteiger partial charge in [0.1, 0.15) is 0 Å². The van der Waals surface area contributed by atoms with E-state index in [1.807, 2.05) is 0 Å². The fourth-order valence-corrected chi connectivity index (χ4v) is 2.15. The maximum absolute atomic E-state index is 13.1. The third-order valence-corrected chi connectivity index (χ3v) is 3.23. The fraction of sp³-hybridized carbons (Fsp3) is 0.429. The molecule has 0 radical (unpaired) electrons. The van der Waals surface area contributed by atoms with Crippen molar-refractivity contribution >= 4 is 29.9 Å². The van der Waals surface area contributed by atoms with Crippen molar-refractivity contribution in [3.63, 3.8) is 0 Å². The molecule has 24 heavy (non-hydrogen) atoms. The Labute approximate surface area is 143 Å². The zero-order valence-electron chi connectivity index (χ0n) is 12.8. The molecule has 0 spiro atoms.